The van der Waals surface area contributed by atoms with Gasteiger partial charge in [-0.2, -0.15) is 0 Å². The van der Waals surface area contributed by atoms with Crippen molar-refractivity contribution >= 4 is 0 Å². The van der Waals surface area contributed by atoms with E-state index in [0.29, 0.717) is 12.1 Å². The van der Waals surface area contributed by atoms with Crippen LogP contribution in [0.1, 0.15) is 25.7 Å². The molecule has 0 radical (unpaired) electrons. The molecule has 3 nitrogen and oxygen atoms in total. The fourth-order valence-electron chi connectivity index (χ4n) is 2.82. The van der Waals surface area contributed by atoms with Gasteiger partial charge in [0.05, 0.1) is 0 Å². The van der Waals surface area contributed by atoms with E-state index < -0.39 is 0 Å². The Bertz CT molecular complexity index is 183. The molecule has 14 heavy (non-hydrogen) atoms. The molecule has 2 atom stereocenters. The summed E-state index contributed by atoms with van der Waals surface area (Å²) in [7, 11) is 2.22. The Balaban J connectivity index is 1.90. The minimum atomic E-state index is 0.443. The Morgan fingerprint density at radius 2 is 1.86 bits per heavy atom. The fourth-order valence-corrected chi connectivity index (χ4v) is 2.82. The molecular formula is C11H23N3. The van der Waals surface area contributed by atoms with Crippen LogP contribution in [0.5, 0.6) is 0 Å². The highest BCUT2D eigenvalue weighted by Gasteiger charge is 2.29. The van der Waals surface area contributed by atoms with Gasteiger partial charge in [0.2, 0.25) is 0 Å². The molecule has 0 aromatic rings. The predicted molar refractivity (Wildman–Crippen MR) is 59.3 cm³/mol. The van der Waals surface area contributed by atoms with E-state index in [1.807, 2.05) is 0 Å². The molecule has 0 amide bonds. The molecule has 1 saturated carbocycles. The first-order valence-electron chi connectivity index (χ1n) is 5.95. The quantitative estimate of drug-likeness (QED) is 0.664. The van der Waals surface area contributed by atoms with Crippen molar-refractivity contribution in [1.29, 1.82) is 0 Å². The lowest BCUT2D eigenvalue weighted by molar-refractivity contribution is 0.191. The van der Waals surface area contributed by atoms with Crippen molar-refractivity contribution in [2.24, 2.45) is 5.73 Å². The lowest BCUT2D eigenvalue weighted by Gasteiger charge is -2.30. The van der Waals surface area contributed by atoms with Gasteiger partial charge in [0, 0.05) is 25.2 Å². The van der Waals surface area contributed by atoms with Crippen LogP contribution < -0.4 is 5.73 Å². The molecule has 2 fully saturated rings. The summed E-state index contributed by atoms with van der Waals surface area (Å²) in [5.74, 6) is 0. The third-order valence-electron chi connectivity index (χ3n) is 3.75. The van der Waals surface area contributed by atoms with Crippen LogP contribution in [0.4, 0.5) is 0 Å². The van der Waals surface area contributed by atoms with Crippen molar-refractivity contribution in [2.75, 3.05) is 33.2 Å². The van der Waals surface area contributed by atoms with Gasteiger partial charge in [-0.3, -0.25) is 4.90 Å². The lowest BCUT2D eigenvalue weighted by atomic mass is 10.1. The monoisotopic (exact) mass is 197 g/mol. The Hall–Kier alpha value is -0.120. The number of nitrogens with zero attached hydrogens (tertiary/aromatic N) is 2. The fraction of sp³-hybridized carbons (Fsp3) is 1.00. The number of likely N-dealkylation sites (N-methyl/N-ethyl adjacent to an activating group) is 1. The molecule has 0 aromatic heterocycles. The van der Waals surface area contributed by atoms with Crippen molar-refractivity contribution in [3.05, 3.63) is 0 Å². The Morgan fingerprint density at radius 3 is 2.57 bits per heavy atom. The third-order valence-corrected chi connectivity index (χ3v) is 3.75. The van der Waals surface area contributed by atoms with Crippen molar-refractivity contribution in [3.8, 4) is 0 Å². The average Bonchev–Trinajstić information content (AvgIpc) is 2.46. The molecule has 0 bridgehead atoms. The number of hydrogen-bond acceptors (Lipinski definition) is 3. The summed E-state index contributed by atoms with van der Waals surface area (Å²) in [6, 6.07) is 1.12. The number of hydrogen-bond donors (Lipinski definition) is 1. The van der Waals surface area contributed by atoms with Crippen LogP contribution in [-0.4, -0.2) is 55.1 Å². The zero-order chi connectivity index (χ0) is 9.97. The number of rotatable bonds is 1. The van der Waals surface area contributed by atoms with Crippen LogP contribution in [-0.2, 0) is 0 Å². The van der Waals surface area contributed by atoms with Crippen molar-refractivity contribution in [1.82, 2.24) is 9.80 Å². The maximum Gasteiger partial charge on any atom is 0.0247 e. The summed E-state index contributed by atoms with van der Waals surface area (Å²) in [4.78, 5) is 5.06. The average molecular weight is 197 g/mol. The summed E-state index contributed by atoms with van der Waals surface area (Å²) < 4.78 is 0. The maximum atomic E-state index is 6.14. The van der Waals surface area contributed by atoms with Crippen molar-refractivity contribution < 1.29 is 0 Å². The first kappa shape index (κ1) is 10.4. The first-order chi connectivity index (χ1) is 6.77. The lowest BCUT2D eigenvalue weighted by Crippen LogP contribution is -2.45. The minimum absolute atomic E-state index is 0.443. The van der Waals surface area contributed by atoms with Crippen LogP contribution >= 0.6 is 0 Å². The van der Waals surface area contributed by atoms with E-state index in [9.17, 15) is 0 Å². The molecule has 1 aliphatic carbocycles. The highest BCUT2D eigenvalue weighted by molar-refractivity contribution is 4.89. The highest BCUT2D eigenvalue weighted by Crippen LogP contribution is 2.23. The van der Waals surface area contributed by atoms with E-state index in [0.717, 1.165) is 0 Å². The van der Waals surface area contributed by atoms with Gasteiger partial charge in [-0.15, -0.1) is 0 Å². The summed E-state index contributed by atoms with van der Waals surface area (Å²) in [5, 5.41) is 0. The van der Waals surface area contributed by atoms with Crippen LogP contribution in [0.3, 0.4) is 0 Å². The smallest absolute Gasteiger partial charge is 0.0247 e. The van der Waals surface area contributed by atoms with Gasteiger partial charge in [0.1, 0.15) is 0 Å². The van der Waals surface area contributed by atoms with E-state index in [2.05, 4.69) is 16.8 Å². The molecule has 1 saturated heterocycles. The van der Waals surface area contributed by atoms with Gasteiger partial charge in [0.15, 0.2) is 0 Å². The molecule has 0 spiro atoms. The third kappa shape index (κ3) is 2.27. The number of nitrogens with two attached hydrogens (primary N) is 1. The van der Waals surface area contributed by atoms with Gasteiger partial charge in [-0.1, -0.05) is 6.42 Å². The normalized spacial score (nSPS) is 37.3. The molecule has 2 aliphatic rings. The Kier molecular flexibility index (Phi) is 3.42. The van der Waals surface area contributed by atoms with Crippen LogP contribution in [0, 0.1) is 0 Å². The first-order valence-corrected chi connectivity index (χ1v) is 5.95. The van der Waals surface area contributed by atoms with E-state index in [1.54, 1.807) is 0 Å². The van der Waals surface area contributed by atoms with Crippen LogP contribution in [0.2, 0.25) is 0 Å². The largest absolute Gasteiger partial charge is 0.326 e. The van der Waals surface area contributed by atoms with E-state index in [4.69, 9.17) is 5.73 Å². The SMILES string of the molecule is CN1CCCN([C@H]2CCC[C@@H]2N)CC1. The van der Waals surface area contributed by atoms with Crippen molar-refractivity contribution in [2.45, 2.75) is 37.8 Å². The van der Waals surface area contributed by atoms with Gasteiger partial charge >= 0.3 is 0 Å². The van der Waals surface area contributed by atoms with Crippen molar-refractivity contribution in [3.63, 3.8) is 0 Å². The van der Waals surface area contributed by atoms with E-state index >= 15 is 0 Å². The summed E-state index contributed by atoms with van der Waals surface area (Å²) in [6.45, 7) is 4.93. The second-order valence-corrected chi connectivity index (χ2v) is 4.85. The Labute approximate surface area is 87.2 Å². The van der Waals surface area contributed by atoms with Gasteiger partial charge in [0.25, 0.3) is 0 Å². The van der Waals surface area contributed by atoms with Gasteiger partial charge < -0.3 is 10.6 Å². The minimum Gasteiger partial charge on any atom is -0.326 e. The van der Waals surface area contributed by atoms with E-state index in [-0.39, 0.29) is 0 Å². The van der Waals surface area contributed by atoms with E-state index in [1.165, 1.54) is 51.9 Å². The van der Waals surface area contributed by atoms with Crippen LogP contribution in [0.15, 0.2) is 0 Å². The highest BCUT2D eigenvalue weighted by atomic mass is 15.2. The summed E-state index contributed by atoms with van der Waals surface area (Å²) in [6.07, 6.45) is 5.19. The maximum absolute atomic E-state index is 6.14. The zero-order valence-electron chi connectivity index (χ0n) is 9.28. The molecule has 1 aliphatic heterocycles. The molecular weight excluding hydrogens is 174 g/mol. The predicted octanol–water partition coefficient (Wildman–Crippen LogP) is 0.504. The molecule has 0 aromatic carbocycles. The standard InChI is InChI=1S/C11H23N3/c1-13-6-3-7-14(9-8-13)11-5-2-4-10(11)12/h10-11H,2-9,12H2,1H3/t10-,11-/m0/s1. The second kappa shape index (κ2) is 4.60. The summed E-state index contributed by atoms with van der Waals surface area (Å²) in [5.41, 5.74) is 6.14. The van der Waals surface area contributed by atoms with Gasteiger partial charge in [-0.25, -0.2) is 0 Å². The molecule has 2 N–H and O–H groups in total. The topological polar surface area (TPSA) is 32.5 Å². The molecule has 2 rings (SSSR count). The molecule has 82 valence electrons. The molecule has 0 unspecified atom stereocenters. The van der Waals surface area contributed by atoms with Crippen LogP contribution in [0.25, 0.3) is 0 Å². The Morgan fingerprint density at radius 1 is 1.00 bits per heavy atom. The second-order valence-electron chi connectivity index (χ2n) is 4.85. The van der Waals surface area contributed by atoms with Gasteiger partial charge in [-0.05, 0) is 39.4 Å². The molecule has 3 heteroatoms. The molecule has 1 heterocycles. The zero-order valence-corrected chi connectivity index (χ0v) is 9.28. The summed E-state index contributed by atoms with van der Waals surface area (Å²) >= 11 is 0.